The molecule has 1 unspecified atom stereocenters. The largest absolute Gasteiger partial charge is 0.370 e. The van der Waals surface area contributed by atoms with Crippen LogP contribution < -0.4 is 16.5 Å². The lowest BCUT2D eigenvalue weighted by molar-refractivity contribution is -0.144. The summed E-state index contributed by atoms with van der Waals surface area (Å²) in [5.41, 5.74) is 4.77. The average molecular weight is 405 g/mol. The zero-order valence-corrected chi connectivity index (χ0v) is 15.6. The number of hydrogen-bond donors (Lipinski definition) is 4. The topological polar surface area (TPSA) is 150 Å². The zero-order chi connectivity index (χ0) is 20.6. The summed E-state index contributed by atoms with van der Waals surface area (Å²) in [5, 5.41) is 3.05. The Morgan fingerprint density at radius 1 is 1.37 bits per heavy atom. The van der Waals surface area contributed by atoms with Gasteiger partial charge in [-0.1, -0.05) is 25.4 Å². The van der Waals surface area contributed by atoms with Gasteiger partial charge in [-0.15, -0.1) is 0 Å². The van der Waals surface area contributed by atoms with Gasteiger partial charge in [0.15, 0.2) is 5.82 Å². The van der Waals surface area contributed by atoms with E-state index in [1.807, 2.05) is 13.8 Å². The first kappa shape index (κ1) is 22.4. The summed E-state index contributed by atoms with van der Waals surface area (Å²) in [6, 6.07) is -1.04. The van der Waals surface area contributed by atoms with Crippen molar-refractivity contribution in [1.82, 2.24) is 25.7 Å². The van der Waals surface area contributed by atoms with Gasteiger partial charge in [0.1, 0.15) is 6.04 Å². The molecule has 0 aliphatic heterocycles. The standard InChI is InChI=1S/C15H22ClFN6O4/c1-8(2)7-9(21-14(26)12-19-4-5-20-12)13(25)22-23(6-3-10(18)24)15(27)11(16)17/h4-5,8-9,11H,3,6-7H2,1-2H3,(H2,18,24)(H,19,20)(H,21,26)(H,22,25)/t9-,11?/m0/s1. The number of carbonyl (C=O) groups excluding carboxylic acids is 4. The highest BCUT2D eigenvalue weighted by Gasteiger charge is 2.29. The number of hydrogen-bond acceptors (Lipinski definition) is 5. The van der Waals surface area contributed by atoms with Gasteiger partial charge >= 0.3 is 0 Å². The van der Waals surface area contributed by atoms with Crippen molar-refractivity contribution in [3.8, 4) is 0 Å². The van der Waals surface area contributed by atoms with E-state index >= 15 is 0 Å². The molecule has 4 amide bonds. The van der Waals surface area contributed by atoms with Gasteiger partial charge in [-0.2, -0.15) is 0 Å². The van der Waals surface area contributed by atoms with Gasteiger partial charge in [0, 0.05) is 18.8 Å². The average Bonchev–Trinajstić information content (AvgIpc) is 3.11. The Balaban J connectivity index is 2.88. The van der Waals surface area contributed by atoms with Gasteiger partial charge in [0.2, 0.25) is 5.91 Å². The van der Waals surface area contributed by atoms with Gasteiger partial charge in [-0.25, -0.2) is 14.4 Å². The summed E-state index contributed by atoms with van der Waals surface area (Å²) >= 11 is 5.13. The maximum Gasteiger partial charge on any atom is 0.291 e. The SMILES string of the molecule is CC(C)C[C@H](NC(=O)c1ncc[nH]1)C(=O)NN(CCC(N)=O)C(=O)C(F)Cl. The van der Waals surface area contributed by atoms with Crippen molar-refractivity contribution < 1.29 is 23.6 Å². The Morgan fingerprint density at radius 2 is 2.04 bits per heavy atom. The number of nitrogens with zero attached hydrogens (tertiary/aromatic N) is 2. The Kier molecular flexibility index (Phi) is 8.66. The molecule has 5 N–H and O–H groups in total. The van der Waals surface area contributed by atoms with Gasteiger partial charge in [-0.3, -0.25) is 24.6 Å². The van der Waals surface area contributed by atoms with Crippen LogP contribution in [-0.4, -0.2) is 56.8 Å². The zero-order valence-electron chi connectivity index (χ0n) is 14.9. The van der Waals surface area contributed by atoms with E-state index in [1.54, 1.807) is 0 Å². The molecule has 0 saturated carbocycles. The number of primary amides is 1. The minimum atomic E-state index is -2.42. The van der Waals surface area contributed by atoms with Crippen molar-refractivity contribution in [2.24, 2.45) is 11.7 Å². The third kappa shape index (κ3) is 7.60. The normalized spacial score (nSPS) is 12.9. The molecule has 12 heteroatoms. The van der Waals surface area contributed by atoms with E-state index in [0.717, 1.165) is 0 Å². The minimum absolute atomic E-state index is 0.00259. The molecule has 0 aliphatic rings. The van der Waals surface area contributed by atoms with Crippen LogP contribution in [0.15, 0.2) is 12.4 Å². The quantitative estimate of drug-likeness (QED) is 0.332. The highest BCUT2D eigenvalue weighted by atomic mass is 35.5. The number of imidazole rings is 1. The van der Waals surface area contributed by atoms with E-state index < -0.39 is 35.3 Å². The first-order valence-electron chi connectivity index (χ1n) is 8.10. The number of alkyl halides is 2. The molecule has 0 aliphatic carbocycles. The first-order chi connectivity index (χ1) is 12.6. The maximum atomic E-state index is 13.2. The van der Waals surface area contributed by atoms with Crippen LogP contribution in [0.3, 0.4) is 0 Å². The van der Waals surface area contributed by atoms with E-state index in [9.17, 15) is 23.6 Å². The summed E-state index contributed by atoms with van der Waals surface area (Å²) < 4.78 is 13.2. The monoisotopic (exact) mass is 404 g/mol. The molecule has 150 valence electrons. The van der Waals surface area contributed by atoms with Gasteiger partial charge in [0.05, 0.1) is 6.54 Å². The predicted octanol–water partition coefficient (Wildman–Crippen LogP) is -0.176. The van der Waals surface area contributed by atoms with Crippen LogP contribution in [0, 0.1) is 5.92 Å². The molecule has 0 spiro atoms. The van der Waals surface area contributed by atoms with Crippen molar-refractivity contribution in [2.75, 3.05) is 6.54 Å². The number of carbonyl (C=O) groups is 4. The second kappa shape index (κ2) is 10.5. The van der Waals surface area contributed by atoms with E-state index in [4.69, 9.17) is 17.3 Å². The second-order valence-electron chi connectivity index (χ2n) is 6.08. The highest BCUT2D eigenvalue weighted by molar-refractivity contribution is 6.29. The van der Waals surface area contributed by atoms with Crippen LogP contribution in [0.5, 0.6) is 0 Å². The smallest absolute Gasteiger partial charge is 0.291 e. The second-order valence-corrected chi connectivity index (χ2v) is 6.46. The molecule has 1 heterocycles. The van der Waals surface area contributed by atoms with Gasteiger partial charge in [-0.05, 0) is 12.3 Å². The highest BCUT2D eigenvalue weighted by Crippen LogP contribution is 2.08. The number of amides is 4. The van der Waals surface area contributed by atoms with Crippen molar-refractivity contribution in [1.29, 1.82) is 0 Å². The van der Waals surface area contributed by atoms with Crippen LogP contribution >= 0.6 is 11.6 Å². The Labute approximate surface area is 160 Å². The lowest BCUT2D eigenvalue weighted by Gasteiger charge is -2.26. The first-order valence-corrected chi connectivity index (χ1v) is 8.54. The van der Waals surface area contributed by atoms with E-state index in [-0.39, 0.29) is 31.1 Å². The molecule has 1 rings (SSSR count). The fraction of sp³-hybridized carbons (Fsp3) is 0.533. The van der Waals surface area contributed by atoms with Gasteiger partial charge < -0.3 is 16.0 Å². The summed E-state index contributed by atoms with van der Waals surface area (Å²) in [7, 11) is 0. The number of rotatable bonds is 9. The third-order valence-electron chi connectivity index (χ3n) is 3.32. The molecule has 1 aromatic rings. The number of H-pyrrole nitrogens is 1. The molecule has 2 atom stereocenters. The molecule has 0 radical (unpaired) electrons. The Hall–Kier alpha value is -2.69. The van der Waals surface area contributed by atoms with Crippen molar-refractivity contribution in [2.45, 2.75) is 38.4 Å². The summed E-state index contributed by atoms with van der Waals surface area (Å²) in [5.74, 6) is -3.41. The van der Waals surface area contributed by atoms with E-state index in [0.29, 0.717) is 5.01 Å². The molecule has 1 aromatic heterocycles. The van der Waals surface area contributed by atoms with Crippen molar-refractivity contribution in [3.63, 3.8) is 0 Å². The summed E-state index contributed by atoms with van der Waals surface area (Å²) in [4.78, 5) is 53.8. The number of hydrazine groups is 1. The van der Waals surface area contributed by atoms with Crippen LogP contribution in [0.1, 0.15) is 37.3 Å². The van der Waals surface area contributed by atoms with E-state index in [1.165, 1.54) is 12.4 Å². The fourth-order valence-electron chi connectivity index (χ4n) is 2.09. The molecular formula is C15H22ClFN6O4. The number of nitrogens with one attached hydrogen (secondary N) is 3. The van der Waals surface area contributed by atoms with E-state index in [2.05, 4.69) is 20.7 Å². The predicted molar refractivity (Wildman–Crippen MR) is 93.7 cm³/mol. The third-order valence-corrected chi connectivity index (χ3v) is 3.51. The molecule has 10 nitrogen and oxygen atoms in total. The maximum absolute atomic E-state index is 13.2. The van der Waals surface area contributed by atoms with Crippen molar-refractivity contribution >= 4 is 35.2 Å². The number of aromatic amines is 1. The van der Waals surface area contributed by atoms with Crippen LogP contribution in [0.2, 0.25) is 0 Å². The van der Waals surface area contributed by atoms with Gasteiger partial charge in [0.25, 0.3) is 23.4 Å². The van der Waals surface area contributed by atoms with Crippen LogP contribution in [0.25, 0.3) is 0 Å². The number of aromatic nitrogens is 2. The Morgan fingerprint density at radius 3 is 2.52 bits per heavy atom. The number of halogens is 2. The van der Waals surface area contributed by atoms with Crippen molar-refractivity contribution in [3.05, 3.63) is 18.2 Å². The lowest BCUT2D eigenvalue weighted by Crippen LogP contribution is -2.56. The molecule has 0 fully saturated rings. The lowest BCUT2D eigenvalue weighted by atomic mass is 10.0. The number of nitrogens with two attached hydrogens (primary N) is 1. The van der Waals surface area contributed by atoms with Crippen LogP contribution in [0.4, 0.5) is 4.39 Å². The summed E-state index contributed by atoms with van der Waals surface area (Å²) in [6.07, 6.45) is 2.73. The molecule has 0 saturated heterocycles. The van der Waals surface area contributed by atoms with Crippen LogP contribution in [-0.2, 0) is 14.4 Å². The molecular weight excluding hydrogens is 383 g/mol. The minimum Gasteiger partial charge on any atom is -0.370 e. The Bertz CT molecular complexity index is 667. The molecule has 27 heavy (non-hydrogen) atoms. The summed E-state index contributed by atoms with van der Waals surface area (Å²) in [6.45, 7) is 3.28. The molecule has 0 aromatic carbocycles. The fourth-order valence-corrected chi connectivity index (χ4v) is 2.21. The molecule has 0 bridgehead atoms.